The fraction of sp³-hybridized carbons (Fsp3) is 0.500. The molecule has 2 N–H and O–H groups in total. The molecule has 1 amide bonds. The van der Waals surface area contributed by atoms with Gasteiger partial charge in [0.05, 0.1) is 6.54 Å². The van der Waals surface area contributed by atoms with Gasteiger partial charge < -0.3 is 10.6 Å². The van der Waals surface area contributed by atoms with Crippen molar-refractivity contribution in [3.63, 3.8) is 0 Å². The van der Waals surface area contributed by atoms with Crippen LogP contribution >= 0.6 is 0 Å². The highest BCUT2D eigenvalue weighted by Crippen LogP contribution is 1.95. The summed E-state index contributed by atoms with van der Waals surface area (Å²) >= 11 is 0. The Hall–Kier alpha value is -1.42. The molecule has 1 heterocycles. The Labute approximate surface area is 96.5 Å². The van der Waals surface area contributed by atoms with E-state index in [-0.39, 0.29) is 5.91 Å². The molecule has 1 rings (SSSR count). The molecular weight excluding hydrogens is 202 g/mol. The van der Waals surface area contributed by atoms with E-state index in [4.69, 9.17) is 0 Å². The maximum Gasteiger partial charge on any atom is 0.233 e. The SMILES string of the molecule is CCCNC(=O)CNCCc1ccncc1. The van der Waals surface area contributed by atoms with Crippen LogP contribution < -0.4 is 10.6 Å². The minimum absolute atomic E-state index is 0.0663. The minimum atomic E-state index is 0.0663. The van der Waals surface area contributed by atoms with Crippen molar-refractivity contribution in [1.29, 1.82) is 0 Å². The highest BCUT2D eigenvalue weighted by Gasteiger charge is 1.98. The summed E-state index contributed by atoms with van der Waals surface area (Å²) in [5.41, 5.74) is 1.23. The first-order chi connectivity index (χ1) is 7.83. The average molecular weight is 221 g/mol. The molecule has 0 aliphatic carbocycles. The fourth-order valence-electron chi connectivity index (χ4n) is 1.31. The third-order valence-corrected chi connectivity index (χ3v) is 2.20. The Morgan fingerprint density at radius 1 is 1.31 bits per heavy atom. The second kappa shape index (κ2) is 7.82. The van der Waals surface area contributed by atoms with Gasteiger partial charge in [-0.15, -0.1) is 0 Å². The molecule has 0 spiro atoms. The highest BCUT2D eigenvalue weighted by atomic mass is 16.1. The summed E-state index contributed by atoms with van der Waals surface area (Å²) in [6.07, 6.45) is 5.46. The van der Waals surface area contributed by atoms with Crippen LogP contribution in [0, 0.1) is 0 Å². The van der Waals surface area contributed by atoms with E-state index in [0.717, 1.165) is 25.9 Å². The predicted octanol–water partition coefficient (Wildman–Crippen LogP) is 0.740. The van der Waals surface area contributed by atoms with Crippen LogP contribution in [0.3, 0.4) is 0 Å². The standard InChI is InChI=1S/C12H19N3O/c1-2-6-15-12(16)10-14-9-5-11-3-7-13-8-4-11/h3-4,7-8,14H,2,5-6,9-10H2,1H3,(H,15,16). The summed E-state index contributed by atoms with van der Waals surface area (Å²) in [6.45, 7) is 4.00. The average Bonchev–Trinajstić information content (AvgIpc) is 2.33. The molecule has 0 aliphatic heterocycles. The first kappa shape index (κ1) is 12.6. The van der Waals surface area contributed by atoms with Gasteiger partial charge in [-0.25, -0.2) is 0 Å². The lowest BCUT2D eigenvalue weighted by Gasteiger charge is -2.05. The van der Waals surface area contributed by atoms with Crippen LogP contribution in [0.4, 0.5) is 0 Å². The third-order valence-electron chi connectivity index (χ3n) is 2.20. The number of carbonyl (C=O) groups is 1. The van der Waals surface area contributed by atoms with Crippen LogP contribution in [0.25, 0.3) is 0 Å². The first-order valence-electron chi connectivity index (χ1n) is 5.69. The van der Waals surface area contributed by atoms with Crippen LogP contribution in [0.15, 0.2) is 24.5 Å². The Morgan fingerprint density at radius 3 is 2.75 bits per heavy atom. The second-order valence-electron chi connectivity index (χ2n) is 3.63. The number of hydrogen-bond acceptors (Lipinski definition) is 3. The minimum Gasteiger partial charge on any atom is -0.355 e. The van der Waals surface area contributed by atoms with Crippen LogP contribution in [0.1, 0.15) is 18.9 Å². The Bertz CT molecular complexity index is 300. The summed E-state index contributed by atoms with van der Waals surface area (Å²) in [5, 5.41) is 5.93. The van der Waals surface area contributed by atoms with Crippen molar-refractivity contribution in [2.45, 2.75) is 19.8 Å². The lowest BCUT2D eigenvalue weighted by Crippen LogP contribution is -2.35. The van der Waals surface area contributed by atoms with Gasteiger partial charge in [-0.1, -0.05) is 6.92 Å². The quantitative estimate of drug-likeness (QED) is 0.668. The van der Waals surface area contributed by atoms with Gasteiger partial charge in [0.15, 0.2) is 0 Å². The number of amides is 1. The van der Waals surface area contributed by atoms with Crippen LogP contribution in [0.2, 0.25) is 0 Å². The zero-order chi connectivity index (χ0) is 11.6. The molecule has 16 heavy (non-hydrogen) atoms. The molecular formula is C12H19N3O. The molecule has 88 valence electrons. The van der Waals surface area contributed by atoms with Gasteiger partial charge in [-0.3, -0.25) is 9.78 Å². The molecule has 0 unspecified atom stereocenters. The molecule has 4 nitrogen and oxygen atoms in total. The Morgan fingerprint density at radius 2 is 2.06 bits per heavy atom. The van der Waals surface area contributed by atoms with Crippen molar-refractivity contribution < 1.29 is 4.79 Å². The number of rotatable bonds is 7. The fourth-order valence-corrected chi connectivity index (χ4v) is 1.31. The summed E-state index contributed by atoms with van der Waals surface area (Å²) < 4.78 is 0. The largest absolute Gasteiger partial charge is 0.355 e. The number of pyridine rings is 1. The van der Waals surface area contributed by atoms with Gasteiger partial charge in [-0.05, 0) is 37.1 Å². The van der Waals surface area contributed by atoms with E-state index in [2.05, 4.69) is 15.6 Å². The zero-order valence-corrected chi connectivity index (χ0v) is 9.70. The van der Waals surface area contributed by atoms with E-state index in [1.165, 1.54) is 5.56 Å². The molecule has 4 heteroatoms. The molecule has 0 aliphatic rings. The molecule has 0 aromatic carbocycles. The maximum atomic E-state index is 11.2. The van der Waals surface area contributed by atoms with Gasteiger partial charge in [0.1, 0.15) is 0 Å². The smallest absolute Gasteiger partial charge is 0.233 e. The topological polar surface area (TPSA) is 54.0 Å². The van der Waals surface area contributed by atoms with Gasteiger partial charge in [0.2, 0.25) is 5.91 Å². The van der Waals surface area contributed by atoms with Crippen molar-refractivity contribution in [3.05, 3.63) is 30.1 Å². The van der Waals surface area contributed by atoms with E-state index < -0.39 is 0 Å². The Kier molecular flexibility index (Phi) is 6.18. The molecule has 1 aromatic rings. The van der Waals surface area contributed by atoms with Crippen LogP contribution in [0.5, 0.6) is 0 Å². The van der Waals surface area contributed by atoms with E-state index in [9.17, 15) is 4.79 Å². The van der Waals surface area contributed by atoms with Gasteiger partial charge in [-0.2, -0.15) is 0 Å². The lowest BCUT2D eigenvalue weighted by molar-refractivity contribution is -0.120. The van der Waals surface area contributed by atoms with Gasteiger partial charge in [0.25, 0.3) is 0 Å². The van der Waals surface area contributed by atoms with Crippen molar-refractivity contribution in [3.8, 4) is 0 Å². The number of nitrogens with zero attached hydrogens (tertiary/aromatic N) is 1. The van der Waals surface area contributed by atoms with E-state index in [1.807, 2.05) is 19.1 Å². The van der Waals surface area contributed by atoms with E-state index >= 15 is 0 Å². The molecule has 1 aromatic heterocycles. The van der Waals surface area contributed by atoms with Crippen molar-refractivity contribution in [1.82, 2.24) is 15.6 Å². The molecule has 0 fully saturated rings. The van der Waals surface area contributed by atoms with Crippen LogP contribution in [-0.2, 0) is 11.2 Å². The first-order valence-corrected chi connectivity index (χ1v) is 5.69. The number of carbonyl (C=O) groups excluding carboxylic acids is 1. The lowest BCUT2D eigenvalue weighted by atomic mass is 10.2. The number of aromatic nitrogens is 1. The third kappa shape index (κ3) is 5.46. The van der Waals surface area contributed by atoms with Crippen molar-refractivity contribution in [2.75, 3.05) is 19.6 Å². The predicted molar refractivity (Wildman–Crippen MR) is 64.1 cm³/mol. The number of hydrogen-bond donors (Lipinski definition) is 2. The summed E-state index contributed by atoms with van der Waals surface area (Å²) in [4.78, 5) is 15.2. The molecule has 0 radical (unpaired) electrons. The summed E-state index contributed by atoms with van der Waals surface area (Å²) in [6, 6.07) is 3.97. The van der Waals surface area contributed by atoms with Gasteiger partial charge in [0, 0.05) is 18.9 Å². The molecule has 0 saturated heterocycles. The van der Waals surface area contributed by atoms with Crippen LogP contribution in [-0.4, -0.2) is 30.5 Å². The normalized spacial score (nSPS) is 10.1. The van der Waals surface area contributed by atoms with Crippen molar-refractivity contribution in [2.24, 2.45) is 0 Å². The van der Waals surface area contributed by atoms with Crippen molar-refractivity contribution >= 4 is 5.91 Å². The summed E-state index contributed by atoms with van der Waals surface area (Å²) in [7, 11) is 0. The number of nitrogens with one attached hydrogen (secondary N) is 2. The van der Waals surface area contributed by atoms with E-state index in [1.54, 1.807) is 12.4 Å². The van der Waals surface area contributed by atoms with Gasteiger partial charge >= 0.3 is 0 Å². The zero-order valence-electron chi connectivity index (χ0n) is 9.70. The summed E-state index contributed by atoms with van der Waals surface area (Å²) in [5.74, 6) is 0.0663. The highest BCUT2D eigenvalue weighted by molar-refractivity contribution is 5.77. The Balaban J connectivity index is 2.06. The second-order valence-corrected chi connectivity index (χ2v) is 3.63. The van der Waals surface area contributed by atoms with E-state index in [0.29, 0.717) is 6.54 Å². The monoisotopic (exact) mass is 221 g/mol. The molecule has 0 atom stereocenters. The maximum absolute atomic E-state index is 11.2. The molecule has 0 saturated carbocycles. The molecule has 0 bridgehead atoms.